The number of amides is 1. The number of guanidine groups is 1. The highest BCUT2D eigenvalue weighted by Gasteiger charge is 2.50. The molecule has 0 bridgehead atoms. The van der Waals surface area contributed by atoms with Gasteiger partial charge in [0.25, 0.3) is 0 Å². The maximum Gasteiger partial charge on any atom is 0.247 e. The second-order valence-electron chi connectivity index (χ2n) is 9.01. The Kier molecular flexibility index (Phi) is 5.64. The molecule has 0 atom stereocenters. The highest BCUT2D eigenvalue weighted by atomic mass is 16.3. The smallest absolute Gasteiger partial charge is 0.247 e. The largest absolute Gasteiger partial charge is 0.508 e. The molecule has 2 aliphatic heterocycles. The van der Waals surface area contributed by atoms with Crippen LogP contribution in [-0.2, 0) is 4.79 Å². The Balaban J connectivity index is 1.36. The van der Waals surface area contributed by atoms with Gasteiger partial charge in [0.2, 0.25) is 5.91 Å². The van der Waals surface area contributed by atoms with E-state index < -0.39 is 5.54 Å². The number of carbonyl (C=O) groups excluding carboxylic acids is 1. The van der Waals surface area contributed by atoms with E-state index in [0.717, 1.165) is 56.1 Å². The van der Waals surface area contributed by atoms with Crippen molar-refractivity contribution in [3.8, 4) is 5.75 Å². The van der Waals surface area contributed by atoms with Gasteiger partial charge in [-0.2, -0.15) is 0 Å². The number of phenolic OH excluding ortho intramolecular Hbond substituents is 1. The Morgan fingerprint density at radius 2 is 1.81 bits per heavy atom. The summed E-state index contributed by atoms with van der Waals surface area (Å²) in [6.07, 6.45) is 6.16. The van der Waals surface area contributed by atoms with E-state index in [2.05, 4.69) is 32.6 Å². The number of phenols is 1. The number of aromatic hydroxyl groups is 1. The summed E-state index contributed by atoms with van der Waals surface area (Å²) in [5, 5.41) is 16.4. The molecule has 0 unspecified atom stereocenters. The average Bonchev–Trinajstić information content (AvgIpc) is 3.43. The maximum absolute atomic E-state index is 13.0. The molecule has 168 valence electrons. The van der Waals surface area contributed by atoms with E-state index in [9.17, 15) is 9.90 Å². The van der Waals surface area contributed by atoms with Gasteiger partial charge in [0.15, 0.2) is 5.96 Å². The summed E-state index contributed by atoms with van der Waals surface area (Å²) < 4.78 is 0. The third-order valence-electron chi connectivity index (χ3n) is 7.03. The van der Waals surface area contributed by atoms with Gasteiger partial charge in [-0.1, -0.05) is 37.1 Å². The van der Waals surface area contributed by atoms with Crippen molar-refractivity contribution in [1.29, 1.82) is 0 Å². The Morgan fingerprint density at radius 3 is 2.53 bits per heavy atom. The number of likely N-dealkylation sites (tertiary alicyclic amines) is 1. The van der Waals surface area contributed by atoms with Gasteiger partial charge in [0.1, 0.15) is 11.3 Å². The van der Waals surface area contributed by atoms with Crippen molar-refractivity contribution in [3.63, 3.8) is 0 Å². The van der Waals surface area contributed by atoms with Crippen LogP contribution in [0.3, 0.4) is 0 Å². The average molecular weight is 434 g/mol. The van der Waals surface area contributed by atoms with Crippen LogP contribution in [0.15, 0.2) is 59.6 Å². The van der Waals surface area contributed by atoms with E-state index >= 15 is 0 Å². The monoisotopic (exact) mass is 433 g/mol. The van der Waals surface area contributed by atoms with Crippen LogP contribution in [0.5, 0.6) is 5.75 Å². The third kappa shape index (κ3) is 3.99. The third-order valence-corrected chi connectivity index (χ3v) is 7.03. The van der Waals surface area contributed by atoms with Crippen LogP contribution in [0.25, 0.3) is 0 Å². The van der Waals surface area contributed by atoms with E-state index in [4.69, 9.17) is 4.99 Å². The standard InChI is InChI=1S/C25H31N5O2/c31-22-12-6-9-20(17-22)28-24(27-19-7-4-5-8-19)29-15-13-25(14-16-29)23(32)26-18-30(25)21-10-2-1-3-11-21/h1-3,6,9-12,17,19,31H,4-5,7-8,13-16,18H2,(H,26,32)(H,27,28). The SMILES string of the molecule is O=C1NCN(c2ccccc2)C12CCN(C(=NC1CCCC1)Nc1cccc(O)c1)CC2. The lowest BCUT2D eigenvalue weighted by Crippen LogP contribution is -2.58. The molecule has 1 spiro atoms. The molecular weight excluding hydrogens is 402 g/mol. The summed E-state index contributed by atoms with van der Waals surface area (Å²) >= 11 is 0. The molecule has 1 amide bonds. The Labute approximate surface area is 189 Å². The number of nitrogens with zero attached hydrogens (tertiary/aromatic N) is 3. The van der Waals surface area contributed by atoms with E-state index in [-0.39, 0.29) is 11.7 Å². The molecule has 3 aliphatic rings. The Morgan fingerprint density at radius 1 is 1.06 bits per heavy atom. The summed E-state index contributed by atoms with van der Waals surface area (Å²) in [6, 6.07) is 17.7. The van der Waals surface area contributed by atoms with Crippen molar-refractivity contribution in [3.05, 3.63) is 54.6 Å². The highest BCUT2D eigenvalue weighted by molar-refractivity contribution is 5.96. The molecular formula is C25H31N5O2. The van der Waals surface area contributed by atoms with Crippen LogP contribution in [0.4, 0.5) is 11.4 Å². The van der Waals surface area contributed by atoms with Gasteiger partial charge in [-0.25, -0.2) is 4.99 Å². The van der Waals surface area contributed by atoms with E-state index in [1.54, 1.807) is 12.1 Å². The van der Waals surface area contributed by atoms with Crippen molar-refractivity contribution < 1.29 is 9.90 Å². The molecule has 0 radical (unpaired) electrons. The first-order valence-corrected chi connectivity index (χ1v) is 11.6. The van der Waals surface area contributed by atoms with Gasteiger partial charge in [-0.3, -0.25) is 4.79 Å². The van der Waals surface area contributed by atoms with Crippen LogP contribution in [0, 0.1) is 0 Å². The molecule has 3 fully saturated rings. The molecule has 3 N–H and O–H groups in total. The molecule has 32 heavy (non-hydrogen) atoms. The van der Waals surface area contributed by atoms with Crippen LogP contribution in [0.2, 0.25) is 0 Å². The van der Waals surface area contributed by atoms with Crippen LogP contribution in [-0.4, -0.2) is 53.2 Å². The van der Waals surface area contributed by atoms with E-state index in [0.29, 0.717) is 12.7 Å². The maximum atomic E-state index is 13.0. The minimum absolute atomic E-state index is 0.122. The summed E-state index contributed by atoms with van der Waals surface area (Å²) in [4.78, 5) is 22.5. The van der Waals surface area contributed by atoms with Crippen molar-refractivity contribution in [2.24, 2.45) is 4.99 Å². The number of hydrogen-bond acceptors (Lipinski definition) is 4. The molecule has 2 saturated heterocycles. The van der Waals surface area contributed by atoms with Crippen LogP contribution < -0.4 is 15.5 Å². The van der Waals surface area contributed by atoms with Crippen molar-refractivity contribution >= 4 is 23.2 Å². The Hall–Kier alpha value is -3.22. The molecule has 5 rings (SSSR count). The minimum atomic E-state index is -0.513. The van der Waals surface area contributed by atoms with Gasteiger partial charge in [-0.15, -0.1) is 0 Å². The van der Waals surface area contributed by atoms with E-state index in [1.165, 1.54) is 12.8 Å². The summed E-state index contributed by atoms with van der Waals surface area (Å²) in [6.45, 7) is 2.04. The predicted octanol–water partition coefficient (Wildman–Crippen LogP) is 3.53. The number of carbonyl (C=O) groups is 1. The lowest BCUT2D eigenvalue weighted by molar-refractivity contribution is -0.124. The van der Waals surface area contributed by atoms with Gasteiger partial charge in [0.05, 0.1) is 12.7 Å². The molecule has 7 nitrogen and oxygen atoms in total. The fraction of sp³-hybridized carbons (Fsp3) is 0.440. The Bertz CT molecular complexity index is 979. The number of piperidine rings is 1. The molecule has 1 aliphatic carbocycles. The second kappa shape index (κ2) is 8.73. The fourth-order valence-electron chi connectivity index (χ4n) is 5.23. The van der Waals surface area contributed by atoms with Crippen molar-refractivity contribution in [1.82, 2.24) is 10.2 Å². The van der Waals surface area contributed by atoms with Gasteiger partial charge < -0.3 is 25.5 Å². The normalized spacial score (nSPS) is 21.2. The van der Waals surface area contributed by atoms with Crippen molar-refractivity contribution in [2.45, 2.75) is 50.1 Å². The topological polar surface area (TPSA) is 80.2 Å². The first kappa shape index (κ1) is 20.7. The molecule has 2 aromatic rings. The lowest BCUT2D eigenvalue weighted by Gasteiger charge is -2.44. The van der Waals surface area contributed by atoms with Gasteiger partial charge >= 0.3 is 0 Å². The first-order valence-electron chi connectivity index (χ1n) is 11.6. The number of rotatable bonds is 3. The first-order chi connectivity index (χ1) is 15.6. The minimum Gasteiger partial charge on any atom is -0.508 e. The zero-order valence-electron chi connectivity index (χ0n) is 18.3. The number of anilines is 2. The zero-order valence-corrected chi connectivity index (χ0v) is 18.3. The number of para-hydroxylation sites is 1. The van der Waals surface area contributed by atoms with Gasteiger partial charge in [-0.05, 0) is 49.9 Å². The summed E-state index contributed by atoms with van der Waals surface area (Å²) in [7, 11) is 0. The lowest BCUT2D eigenvalue weighted by atomic mass is 9.85. The number of benzene rings is 2. The quantitative estimate of drug-likeness (QED) is 0.510. The number of nitrogens with one attached hydrogen (secondary N) is 2. The summed E-state index contributed by atoms with van der Waals surface area (Å²) in [5.41, 5.74) is 1.39. The fourth-order valence-corrected chi connectivity index (χ4v) is 5.23. The van der Waals surface area contributed by atoms with E-state index in [1.807, 2.05) is 30.3 Å². The molecule has 7 heteroatoms. The van der Waals surface area contributed by atoms with Crippen molar-refractivity contribution in [2.75, 3.05) is 30.0 Å². The second-order valence-corrected chi connectivity index (χ2v) is 9.01. The van der Waals surface area contributed by atoms with Gasteiger partial charge in [0, 0.05) is 30.5 Å². The molecule has 2 aromatic carbocycles. The van der Waals surface area contributed by atoms with Crippen LogP contribution >= 0.6 is 0 Å². The molecule has 1 saturated carbocycles. The number of aliphatic imine (C=N–C) groups is 1. The molecule has 0 aromatic heterocycles. The summed E-state index contributed by atoms with van der Waals surface area (Å²) in [5.74, 6) is 1.20. The van der Waals surface area contributed by atoms with Crippen LogP contribution in [0.1, 0.15) is 38.5 Å². The predicted molar refractivity (Wildman–Crippen MR) is 127 cm³/mol. The highest BCUT2D eigenvalue weighted by Crippen LogP contribution is 2.36. The number of hydrogen-bond donors (Lipinski definition) is 3. The zero-order chi connectivity index (χ0) is 22.0. The molecule has 2 heterocycles.